The number of aliphatic hydroxyl groups is 2. The van der Waals surface area contributed by atoms with Crippen LogP contribution in [0.15, 0.2) is 24.3 Å². The Morgan fingerprint density at radius 3 is 1.11 bits per heavy atom. The van der Waals surface area contributed by atoms with Crippen molar-refractivity contribution in [1.29, 1.82) is 0 Å². The molecule has 0 fully saturated rings. The van der Waals surface area contributed by atoms with E-state index in [1.165, 1.54) is 225 Å². The van der Waals surface area contributed by atoms with E-state index in [1.807, 2.05) is 6.08 Å². The third kappa shape index (κ3) is 49.8. The maximum Gasteiger partial charge on any atom is 0.305 e. The van der Waals surface area contributed by atoms with Gasteiger partial charge in [-0.3, -0.25) is 9.59 Å². The molecule has 0 aliphatic carbocycles. The lowest BCUT2D eigenvalue weighted by Crippen LogP contribution is -2.45. The summed E-state index contributed by atoms with van der Waals surface area (Å²) in [5.74, 6) is -0.0766. The summed E-state index contributed by atoms with van der Waals surface area (Å²) in [5.41, 5.74) is 0. The molecule has 0 radical (unpaired) electrons. The van der Waals surface area contributed by atoms with Crippen LogP contribution in [0.4, 0.5) is 0 Å². The minimum absolute atomic E-state index is 0.00502. The molecule has 0 bridgehead atoms. The fraction of sp³-hybridized carbons (Fsp3) is 0.897. The summed E-state index contributed by atoms with van der Waals surface area (Å²) in [4.78, 5) is 24.5. The predicted octanol–water partition coefficient (Wildman–Crippen LogP) is 17.5. The third-order valence-corrected chi connectivity index (χ3v) is 13.2. The van der Waals surface area contributed by atoms with Crippen molar-refractivity contribution in [3.8, 4) is 0 Å². The van der Waals surface area contributed by atoms with Crippen LogP contribution in [-0.4, -0.2) is 47.4 Å². The molecule has 2 unspecified atom stereocenters. The van der Waals surface area contributed by atoms with Gasteiger partial charge in [-0.05, 0) is 57.8 Å². The van der Waals surface area contributed by atoms with Crippen molar-refractivity contribution in [1.82, 2.24) is 5.32 Å². The molecule has 378 valence electrons. The first-order valence-corrected chi connectivity index (χ1v) is 28.6. The number of carbonyl (C=O) groups is 2. The van der Waals surface area contributed by atoms with Gasteiger partial charge in [0.2, 0.25) is 5.91 Å². The fourth-order valence-electron chi connectivity index (χ4n) is 8.81. The lowest BCUT2D eigenvalue weighted by atomic mass is 10.0. The molecule has 64 heavy (non-hydrogen) atoms. The van der Waals surface area contributed by atoms with Crippen LogP contribution < -0.4 is 5.32 Å². The van der Waals surface area contributed by atoms with Gasteiger partial charge in [0.05, 0.1) is 25.4 Å². The molecule has 6 heteroatoms. The normalized spacial score (nSPS) is 12.8. The average molecular weight is 903 g/mol. The SMILES string of the molecule is CCCCCCCCCCCCCC/C=C/C(O)C(CO)NC(=O)CCCCCCC/C=C\CCCCCCCCCCCOC(=O)CCCCCCCCCCCCCCCCC. The molecule has 0 saturated heterocycles. The van der Waals surface area contributed by atoms with E-state index in [-0.39, 0.29) is 18.5 Å². The molecule has 6 nitrogen and oxygen atoms in total. The van der Waals surface area contributed by atoms with Crippen LogP contribution in [-0.2, 0) is 14.3 Å². The number of esters is 1. The lowest BCUT2D eigenvalue weighted by Gasteiger charge is -2.20. The number of aliphatic hydroxyl groups excluding tert-OH is 2. The standard InChI is InChI=1S/C58H111NO5/c1-3-5-7-9-11-13-15-17-23-28-32-36-40-44-48-52-58(63)64-53-49-45-41-37-33-29-25-22-20-19-21-24-27-31-35-39-43-47-51-57(62)59-55(54-60)56(61)50-46-42-38-34-30-26-18-16-14-12-10-8-6-4-2/h21,24,46,50,55-56,60-61H,3-20,22-23,25-45,47-49,51-54H2,1-2H3,(H,59,62)/b24-21-,50-46+. The summed E-state index contributed by atoms with van der Waals surface area (Å²) in [6.07, 6.45) is 64.8. The zero-order chi connectivity index (χ0) is 46.5. The van der Waals surface area contributed by atoms with Crippen LogP contribution in [0.2, 0.25) is 0 Å². The lowest BCUT2D eigenvalue weighted by molar-refractivity contribution is -0.143. The average Bonchev–Trinajstić information content (AvgIpc) is 3.29. The molecule has 0 heterocycles. The Kier molecular flexibility index (Phi) is 52.6. The predicted molar refractivity (Wildman–Crippen MR) is 278 cm³/mol. The first kappa shape index (κ1) is 62.3. The third-order valence-electron chi connectivity index (χ3n) is 13.2. The summed E-state index contributed by atoms with van der Waals surface area (Å²) >= 11 is 0. The van der Waals surface area contributed by atoms with Crippen LogP contribution in [0, 0.1) is 0 Å². The molecular formula is C58H111NO5. The number of ether oxygens (including phenoxy) is 1. The van der Waals surface area contributed by atoms with E-state index in [0.29, 0.717) is 19.4 Å². The van der Waals surface area contributed by atoms with Crippen molar-refractivity contribution in [2.45, 2.75) is 321 Å². The van der Waals surface area contributed by atoms with Crippen LogP contribution in [0.5, 0.6) is 0 Å². The Hall–Kier alpha value is -1.66. The van der Waals surface area contributed by atoms with Crippen molar-refractivity contribution in [3.63, 3.8) is 0 Å². The number of unbranched alkanes of at least 4 members (excludes halogenated alkanes) is 40. The first-order chi connectivity index (χ1) is 31.5. The Bertz CT molecular complexity index is 997. The number of carbonyl (C=O) groups excluding carboxylic acids is 2. The summed E-state index contributed by atoms with van der Waals surface area (Å²) < 4.78 is 5.48. The van der Waals surface area contributed by atoms with Crippen LogP contribution in [0.3, 0.4) is 0 Å². The molecule has 1 amide bonds. The van der Waals surface area contributed by atoms with Gasteiger partial charge in [-0.1, -0.05) is 263 Å². The maximum absolute atomic E-state index is 12.4. The summed E-state index contributed by atoms with van der Waals surface area (Å²) in [6.45, 7) is 4.90. The monoisotopic (exact) mass is 902 g/mol. The summed E-state index contributed by atoms with van der Waals surface area (Å²) in [6, 6.07) is -0.637. The molecule has 0 spiro atoms. The van der Waals surface area contributed by atoms with E-state index < -0.39 is 12.1 Å². The Morgan fingerprint density at radius 2 is 0.734 bits per heavy atom. The molecule has 0 aromatic heterocycles. The van der Waals surface area contributed by atoms with Crippen molar-refractivity contribution in [2.24, 2.45) is 0 Å². The molecule has 0 aromatic rings. The Balaban J connectivity index is 3.46. The topological polar surface area (TPSA) is 95.9 Å². The number of hydrogen-bond acceptors (Lipinski definition) is 5. The number of rotatable bonds is 53. The highest BCUT2D eigenvalue weighted by Crippen LogP contribution is 2.16. The quantitative estimate of drug-likeness (QED) is 0.0321. The van der Waals surface area contributed by atoms with E-state index in [0.717, 1.165) is 57.8 Å². The Labute approximate surface area is 399 Å². The highest BCUT2D eigenvalue weighted by Gasteiger charge is 2.18. The van der Waals surface area contributed by atoms with E-state index in [1.54, 1.807) is 6.08 Å². The van der Waals surface area contributed by atoms with Gasteiger partial charge in [-0.15, -0.1) is 0 Å². The van der Waals surface area contributed by atoms with Gasteiger partial charge in [0.25, 0.3) is 0 Å². The number of allylic oxidation sites excluding steroid dienone is 3. The van der Waals surface area contributed by atoms with Crippen LogP contribution in [0.1, 0.15) is 309 Å². The molecule has 0 aliphatic rings. The summed E-state index contributed by atoms with van der Waals surface area (Å²) in [7, 11) is 0. The smallest absolute Gasteiger partial charge is 0.305 e. The molecule has 0 rings (SSSR count). The molecule has 0 aromatic carbocycles. The van der Waals surface area contributed by atoms with Gasteiger partial charge in [0.1, 0.15) is 0 Å². The van der Waals surface area contributed by atoms with E-state index in [2.05, 4.69) is 31.3 Å². The van der Waals surface area contributed by atoms with Crippen molar-refractivity contribution in [2.75, 3.05) is 13.2 Å². The number of hydrogen-bond donors (Lipinski definition) is 3. The fourth-order valence-corrected chi connectivity index (χ4v) is 8.81. The van der Waals surface area contributed by atoms with Gasteiger partial charge < -0.3 is 20.3 Å². The molecule has 0 aliphatic heterocycles. The minimum Gasteiger partial charge on any atom is -0.466 e. The van der Waals surface area contributed by atoms with E-state index >= 15 is 0 Å². The molecule has 0 saturated carbocycles. The second-order valence-corrected chi connectivity index (χ2v) is 19.6. The molecule has 3 N–H and O–H groups in total. The van der Waals surface area contributed by atoms with Gasteiger partial charge >= 0.3 is 5.97 Å². The van der Waals surface area contributed by atoms with Gasteiger partial charge in [-0.25, -0.2) is 0 Å². The van der Waals surface area contributed by atoms with Gasteiger partial charge in [0, 0.05) is 12.8 Å². The van der Waals surface area contributed by atoms with E-state index in [9.17, 15) is 19.8 Å². The highest BCUT2D eigenvalue weighted by atomic mass is 16.5. The number of nitrogens with one attached hydrogen (secondary N) is 1. The number of amides is 1. The van der Waals surface area contributed by atoms with Crippen molar-refractivity contribution < 1.29 is 24.5 Å². The highest BCUT2D eigenvalue weighted by molar-refractivity contribution is 5.76. The van der Waals surface area contributed by atoms with Gasteiger partial charge in [-0.2, -0.15) is 0 Å². The molecule has 2 atom stereocenters. The van der Waals surface area contributed by atoms with Gasteiger partial charge in [0.15, 0.2) is 0 Å². The van der Waals surface area contributed by atoms with E-state index in [4.69, 9.17) is 4.74 Å². The maximum atomic E-state index is 12.4. The zero-order valence-corrected chi connectivity index (χ0v) is 43.0. The van der Waals surface area contributed by atoms with Crippen LogP contribution in [0.25, 0.3) is 0 Å². The second-order valence-electron chi connectivity index (χ2n) is 19.6. The second kappa shape index (κ2) is 54.0. The molecular weight excluding hydrogens is 791 g/mol. The Morgan fingerprint density at radius 1 is 0.422 bits per heavy atom. The van der Waals surface area contributed by atoms with Crippen molar-refractivity contribution in [3.05, 3.63) is 24.3 Å². The zero-order valence-electron chi connectivity index (χ0n) is 43.0. The minimum atomic E-state index is -0.852. The summed E-state index contributed by atoms with van der Waals surface area (Å²) in [5, 5.41) is 23.1. The first-order valence-electron chi connectivity index (χ1n) is 28.6. The van der Waals surface area contributed by atoms with Crippen LogP contribution >= 0.6 is 0 Å². The largest absolute Gasteiger partial charge is 0.466 e. The van der Waals surface area contributed by atoms with Crippen molar-refractivity contribution >= 4 is 11.9 Å².